The number of aryl methyl sites for hydroxylation is 1. The van der Waals surface area contributed by atoms with E-state index in [-0.39, 0.29) is 35.5 Å². The minimum atomic E-state index is -0.193. The highest BCUT2D eigenvalue weighted by molar-refractivity contribution is 6.06. The molecule has 1 aliphatic heterocycles. The molecule has 0 radical (unpaired) electrons. The van der Waals surface area contributed by atoms with Crippen molar-refractivity contribution in [2.24, 2.45) is 40.6 Å². The Morgan fingerprint density at radius 3 is 2.32 bits per heavy atom. The van der Waals surface area contributed by atoms with E-state index in [0.717, 1.165) is 10.8 Å². The summed E-state index contributed by atoms with van der Waals surface area (Å²) < 4.78 is 5.40. The van der Waals surface area contributed by atoms with E-state index in [0.29, 0.717) is 17.6 Å². The van der Waals surface area contributed by atoms with E-state index < -0.39 is 0 Å². The number of allylic oxidation sites excluding steroid dienone is 2. The van der Waals surface area contributed by atoms with Gasteiger partial charge in [-0.15, -0.1) is 0 Å². The van der Waals surface area contributed by atoms with Gasteiger partial charge in [0.15, 0.2) is 0 Å². The summed E-state index contributed by atoms with van der Waals surface area (Å²) in [6.07, 6.45) is 6.95. The molecule has 0 spiro atoms. The molecule has 5 aliphatic rings. The molecule has 2 heterocycles. The summed E-state index contributed by atoms with van der Waals surface area (Å²) in [5, 5.41) is 5.19. The van der Waals surface area contributed by atoms with E-state index in [1.807, 2.05) is 13.0 Å². The Kier molecular flexibility index (Phi) is 2.23. The number of furan rings is 1. The molecule has 0 N–H and O–H groups in total. The average molecular weight is 296 g/mol. The quantitative estimate of drug-likeness (QED) is 0.476. The number of nitrogens with zero attached hydrogens (tertiary/aromatic N) is 2. The van der Waals surface area contributed by atoms with Crippen molar-refractivity contribution in [1.29, 1.82) is 0 Å². The molecule has 22 heavy (non-hydrogen) atoms. The third kappa shape index (κ3) is 1.46. The molecule has 4 aliphatic carbocycles. The van der Waals surface area contributed by atoms with Crippen LogP contribution < -0.4 is 0 Å². The minimum Gasteiger partial charge on any atom is -0.460 e. The highest BCUT2D eigenvalue weighted by Crippen LogP contribution is 2.65. The average Bonchev–Trinajstić information content (AvgIpc) is 3.19. The predicted octanol–water partition coefficient (Wildman–Crippen LogP) is 1.98. The summed E-state index contributed by atoms with van der Waals surface area (Å²) in [4.78, 5) is 25.3. The van der Waals surface area contributed by atoms with Crippen molar-refractivity contribution in [3.05, 3.63) is 35.8 Å². The SMILES string of the molecule is Cc1ccc(C=NN2C(=O)[C@@H]3[C@H]4C=C[C@@H]([C@@H]5C[C@H]45)[C@H]3C2=O)o1. The van der Waals surface area contributed by atoms with Crippen LogP contribution in [0.25, 0.3) is 0 Å². The molecule has 2 saturated carbocycles. The van der Waals surface area contributed by atoms with Crippen molar-refractivity contribution in [2.45, 2.75) is 13.3 Å². The van der Waals surface area contributed by atoms with Gasteiger partial charge in [-0.3, -0.25) is 9.59 Å². The highest BCUT2D eigenvalue weighted by atomic mass is 16.3. The molecule has 2 bridgehead atoms. The van der Waals surface area contributed by atoms with Crippen molar-refractivity contribution < 1.29 is 14.0 Å². The molecule has 1 saturated heterocycles. The molecular formula is C17H16N2O3. The third-order valence-corrected chi connectivity index (χ3v) is 5.70. The van der Waals surface area contributed by atoms with Gasteiger partial charge in [0.1, 0.15) is 11.5 Å². The Hall–Kier alpha value is -2.17. The molecule has 3 fully saturated rings. The number of carbonyl (C=O) groups excluding carboxylic acids is 2. The molecule has 1 aromatic heterocycles. The van der Waals surface area contributed by atoms with Crippen molar-refractivity contribution in [3.63, 3.8) is 0 Å². The van der Waals surface area contributed by atoms with Crippen LogP contribution in [0.3, 0.4) is 0 Å². The summed E-state index contributed by atoms with van der Waals surface area (Å²) in [7, 11) is 0. The van der Waals surface area contributed by atoms with Crippen LogP contribution in [-0.2, 0) is 9.59 Å². The van der Waals surface area contributed by atoms with Crippen molar-refractivity contribution in [1.82, 2.24) is 5.01 Å². The first-order chi connectivity index (χ1) is 10.6. The summed E-state index contributed by atoms with van der Waals surface area (Å²) >= 11 is 0. The fourth-order valence-corrected chi connectivity index (χ4v) is 4.69. The van der Waals surface area contributed by atoms with Crippen LogP contribution in [0, 0.1) is 42.4 Å². The Morgan fingerprint density at radius 1 is 1.14 bits per heavy atom. The zero-order valence-corrected chi connectivity index (χ0v) is 12.2. The first-order valence-electron chi connectivity index (χ1n) is 7.82. The predicted molar refractivity (Wildman–Crippen MR) is 77.6 cm³/mol. The van der Waals surface area contributed by atoms with E-state index in [9.17, 15) is 9.59 Å². The molecule has 6 atom stereocenters. The van der Waals surface area contributed by atoms with Gasteiger partial charge in [0.2, 0.25) is 0 Å². The monoisotopic (exact) mass is 296 g/mol. The molecule has 112 valence electrons. The van der Waals surface area contributed by atoms with Gasteiger partial charge in [-0.25, -0.2) is 0 Å². The number of hydrazone groups is 1. The van der Waals surface area contributed by atoms with Crippen molar-refractivity contribution >= 4 is 18.0 Å². The van der Waals surface area contributed by atoms with Crippen LogP contribution in [-0.4, -0.2) is 23.0 Å². The smallest absolute Gasteiger partial charge is 0.254 e. The second-order valence-electron chi connectivity index (χ2n) is 6.84. The molecule has 0 unspecified atom stereocenters. The Bertz CT molecular complexity index is 711. The van der Waals surface area contributed by atoms with Crippen molar-refractivity contribution in [3.8, 4) is 0 Å². The second-order valence-corrected chi connectivity index (χ2v) is 6.84. The van der Waals surface area contributed by atoms with E-state index in [2.05, 4.69) is 17.3 Å². The summed E-state index contributed by atoms with van der Waals surface area (Å²) in [6.45, 7) is 1.84. The molecule has 0 aromatic carbocycles. The zero-order valence-electron chi connectivity index (χ0n) is 12.2. The lowest BCUT2D eigenvalue weighted by atomic mass is 9.63. The lowest BCUT2D eigenvalue weighted by Gasteiger charge is -2.37. The molecule has 1 aromatic rings. The van der Waals surface area contributed by atoms with Gasteiger partial charge in [-0.05, 0) is 49.1 Å². The standard InChI is InChI=1S/C17H16N2O3/c1-8-2-3-9(22-8)7-18-19-16(20)14-10-4-5-11(13-6-12(10)13)15(14)17(19)21/h2-5,7,10-15H,6H2,1H3/t10-,11-,12-,13+,14+,15+/m0/s1. The van der Waals surface area contributed by atoms with E-state index >= 15 is 0 Å². The molecule has 2 amide bonds. The topological polar surface area (TPSA) is 62.9 Å². The van der Waals surface area contributed by atoms with Crippen LogP contribution in [0.2, 0.25) is 0 Å². The van der Waals surface area contributed by atoms with Crippen LogP contribution in [0.1, 0.15) is 17.9 Å². The number of hydrogen-bond donors (Lipinski definition) is 0. The first kappa shape index (κ1) is 12.4. The summed E-state index contributed by atoms with van der Waals surface area (Å²) in [5.74, 6) is 2.37. The van der Waals surface area contributed by atoms with E-state index in [1.54, 1.807) is 6.07 Å². The van der Waals surface area contributed by atoms with E-state index in [1.165, 1.54) is 12.6 Å². The molecule has 5 heteroatoms. The van der Waals surface area contributed by atoms with Gasteiger partial charge in [0, 0.05) is 0 Å². The van der Waals surface area contributed by atoms with Crippen LogP contribution in [0.4, 0.5) is 0 Å². The van der Waals surface area contributed by atoms with Gasteiger partial charge < -0.3 is 4.42 Å². The van der Waals surface area contributed by atoms with Gasteiger partial charge in [0.05, 0.1) is 18.1 Å². The second kappa shape index (κ2) is 3.97. The summed E-state index contributed by atoms with van der Waals surface area (Å²) in [6, 6.07) is 3.60. The van der Waals surface area contributed by atoms with Gasteiger partial charge in [0.25, 0.3) is 11.8 Å². The lowest BCUT2D eigenvalue weighted by Crippen LogP contribution is -2.40. The number of amides is 2. The number of imide groups is 1. The highest BCUT2D eigenvalue weighted by Gasteiger charge is 2.67. The Balaban J connectivity index is 1.46. The number of hydrogen-bond acceptors (Lipinski definition) is 4. The van der Waals surface area contributed by atoms with Crippen LogP contribution in [0.5, 0.6) is 0 Å². The molecular weight excluding hydrogens is 280 g/mol. The fourth-order valence-electron chi connectivity index (χ4n) is 4.69. The van der Waals surface area contributed by atoms with Crippen LogP contribution >= 0.6 is 0 Å². The molecule has 6 rings (SSSR count). The normalized spacial score (nSPS) is 41.4. The summed E-state index contributed by atoms with van der Waals surface area (Å²) in [5.41, 5.74) is 0. The number of carbonyl (C=O) groups is 2. The maximum atomic E-state index is 12.7. The maximum absolute atomic E-state index is 12.7. The van der Waals surface area contributed by atoms with Gasteiger partial charge in [-0.2, -0.15) is 10.1 Å². The Labute approximate surface area is 127 Å². The lowest BCUT2D eigenvalue weighted by molar-refractivity contribution is -0.140. The van der Waals surface area contributed by atoms with Crippen LogP contribution in [0.15, 0.2) is 33.8 Å². The third-order valence-electron chi connectivity index (χ3n) is 5.70. The Morgan fingerprint density at radius 2 is 1.77 bits per heavy atom. The first-order valence-corrected chi connectivity index (χ1v) is 7.82. The minimum absolute atomic E-state index is 0.140. The molecule has 5 nitrogen and oxygen atoms in total. The largest absolute Gasteiger partial charge is 0.460 e. The van der Waals surface area contributed by atoms with Gasteiger partial charge >= 0.3 is 0 Å². The number of rotatable bonds is 2. The zero-order chi connectivity index (χ0) is 15.0. The van der Waals surface area contributed by atoms with E-state index in [4.69, 9.17) is 4.42 Å². The fraction of sp³-hybridized carbons (Fsp3) is 0.471. The van der Waals surface area contributed by atoms with Gasteiger partial charge in [-0.1, -0.05) is 12.2 Å². The maximum Gasteiger partial charge on any atom is 0.254 e. The van der Waals surface area contributed by atoms with Crippen molar-refractivity contribution in [2.75, 3.05) is 0 Å².